The molecule has 3 aromatic rings. The van der Waals surface area contributed by atoms with Crippen molar-refractivity contribution in [2.24, 2.45) is 11.8 Å². The Bertz CT molecular complexity index is 1240. The van der Waals surface area contributed by atoms with Gasteiger partial charge in [0.25, 0.3) is 0 Å². The number of carbonyl (C=O) groups is 1. The molecule has 0 bridgehead atoms. The number of pyridine rings is 1. The molecule has 6 nitrogen and oxygen atoms in total. The smallest absolute Gasteiger partial charge is 0.410 e. The van der Waals surface area contributed by atoms with Crippen molar-refractivity contribution in [3.05, 3.63) is 83.7 Å². The van der Waals surface area contributed by atoms with Crippen molar-refractivity contribution in [1.82, 2.24) is 15.2 Å². The predicted molar refractivity (Wildman–Crippen MR) is 134 cm³/mol. The molecule has 1 N–H and O–H groups in total. The molecule has 2 aromatic carbocycles. The number of nitrogens with zero attached hydrogens (tertiary/aromatic N) is 2. The molecule has 1 aliphatic carbocycles. The topological polar surface area (TPSA) is 63.7 Å². The van der Waals surface area contributed by atoms with Gasteiger partial charge >= 0.3 is 6.09 Å². The highest BCUT2D eigenvalue weighted by Gasteiger charge is 2.55. The number of hydrogen-bond acceptors (Lipinski definition) is 5. The van der Waals surface area contributed by atoms with E-state index in [0.29, 0.717) is 30.0 Å². The van der Waals surface area contributed by atoms with Crippen LogP contribution in [0, 0.1) is 17.7 Å². The second-order valence-electron chi connectivity index (χ2n) is 10.2. The summed E-state index contributed by atoms with van der Waals surface area (Å²) >= 11 is 0. The third-order valence-electron chi connectivity index (χ3n) is 7.90. The van der Waals surface area contributed by atoms with Crippen LogP contribution in [0.3, 0.4) is 0 Å². The maximum Gasteiger partial charge on any atom is 0.410 e. The van der Waals surface area contributed by atoms with Gasteiger partial charge in [0.05, 0.1) is 11.2 Å². The fourth-order valence-corrected chi connectivity index (χ4v) is 5.67. The van der Waals surface area contributed by atoms with Crippen LogP contribution in [0.2, 0.25) is 0 Å². The summed E-state index contributed by atoms with van der Waals surface area (Å²) in [4.78, 5) is 19.8. The number of likely N-dealkylation sites (tertiary alicyclic amines) is 1. The van der Waals surface area contributed by atoms with Gasteiger partial charge in [-0.1, -0.05) is 30.3 Å². The van der Waals surface area contributed by atoms with E-state index in [1.165, 1.54) is 12.1 Å². The summed E-state index contributed by atoms with van der Waals surface area (Å²) in [5.74, 6) is 1.31. The third kappa shape index (κ3) is 4.32. The van der Waals surface area contributed by atoms with Crippen molar-refractivity contribution in [3.63, 3.8) is 0 Å². The first-order chi connectivity index (χ1) is 17.5. The normalized spacial score (nSPS) is 26.5. The molecule has 1 unspecified atom stereocenters. The fourth-order valence-electron chi connectivity index (χ4n) is 5.67. The Morgan fingerprint density at radius 1 is 1.11 bits per heavy atom. The summed E-state index contributed by atoms with van der Waals surface area (Å²) in [6, 6.07) is 20.0. The quantitative estimate of drug-likeness (QED) is 0.522. The second-order valence-corrected chi connectivity index (χ2v) is 10.2. The van der Waals surface area contributed by atoms with Gasteiger partial charge in [0.15, 0.2) is 0 Å². The Morgan fingerprint density at radius 2 is 1.86 bits per heavy atom. The number of fused-ring (bicyclic) bond motifs is 1. The molecule has 2 aliphatic heterocycles. The number of carbonyl (C=O) groups excluding carboxylic acids is 1. The number of rotatable bonds is 6. The van der Waals surface area contributed by atoms with Crippen LogP contribution in [0.15, 0.2) is 66.7 Å². The van der Waals surface area contributed by atoms with E-state index in [1.54, 1.807) is 12.1 Å². The Morgan fingerprint density at radius 3 is 2.61 bits per heavy atom. The molecule has 2 saturated heterocycles. The lowest BCUT2D eigenvalue weighted by Gasteiger charge is -2.35. The monoisotopic (exact) mass is 487 g/mol. The lowest BCUT2D eigenvalue weighted by molar-refractivity contribution is 0.0691. The number of benzene rings is 2. The highest BCUT2D eigenvalue weighted by atomic mass is 19.1. The Hall–Kier alpha value is -3.45. The van der Waals surface area contributed by atoms with Crippen molar-refractivity contribution in [3.8, 4) is 17.1 Å². The number of hydrogen-bond donors (Lipinski definition) is 1. The molecule has 0 spiro atoms. The first-order valence-electron chi connectivity index (χ1n) is 12.7. The Kier molecular flexibility index (Phi) is 5.88. The average molecular weight is 488 g/mol. The van der Waals surface area contributed by atoms with Gasteiger partial charge in [-0.25, -0.2) is 14.2 Å². The van der Waals surface area contributed by atoms with E-state index in [4.69, 9.17) is 14.5 Å². The van der Waals surface area contributed by atoms with E-state index in [1.807, 2.05) is 47.4 Å². The summed E-state index contributed by atoms with van der Waals surface area (Å²) < 4.78 is 25.7. The number of nitrogens with one attached hydrogen (secondary N) is 1. The largest absolute Gasteiger partial charge is 0.474 e. The number of piperidine rings is 1. The lowest BCUT2D eigenvalue weighted by atomic mass is 9.89. The molecule has 3 aliphatic rings. The maximum absolute atomic E-state index is 13.6. The Labute approximate surface area is 210 Å². The van der Waals surface area contributed by atoms with E-state index < -0.39 is 5.54 Å². The molecule has 3 fully saturated rings. The van der Waals surface area contributed by atoms with Crippen molar-refractivity contribution >= 4 is 6.09 Å². The minimum absolute atomic E-state index is 0.165. The SMILES string of the molecule is CC1(c2cc(O[C@H]3[C@@H]4CNC[C@@H]43)nc(-c3ccc(F)cc3)c2)CCCN1C(=O)OCc1ccccc1. The Balaban J connectivity index is 1.30. The molecule has 7 heteroatoms. The first kappa shape index (κ1) is 23.0. The van der Waals surface area contributed by atoms with Crippen molar-refractivity contribution in [2.45, 2.75) is 38.0 Å². The van der Waals surface area contributed by atoms with Crippen molar-refractivity contribution < 1.29 is 18.7 Å². The van der Waals surface area contributed by atoms with E-state index >= 15 is 0 Å². The molecular weight excluding hydrogens is 457 g/mol. The lowest BCUT2D eigenvalue weighted by Crippen LogP contribution is -2.43. The van der Waals surface area contributed by atoms with Gasteiger partial charge in [0.2, 0.25) is 5.88 Å². The predicted octanol–water partition coefficient (Wildman–Crippen LogP) is 5.13. The van der Waals surface area contributed by atoms with Gasteiger partial charge in [-0.3, -0.25) is 4.90 Å². The zero-order valence-corrected chi connectivity index (χ0v) is 20.3. The van der Waals surface area contributed by atoms with Crippen LogP contribution in [-0.4, -0.2) is 41.7 Å². The fraction of sp³-hybridized carbons (Fsp3) is 0.379. The van der Waals surface area contributed by atoms with Crippen LogP contribution in [-0.2, 0) is 16.9 Å². The number of amides is 1. The minimum Gasteiger partial charge on any atom is -0.474 e. The summed E-state index contributed by atoms with van der Waals surface area (Å²) in [5.41, 5.74) is 2.85. The number of halogens is 1. The van der Waals surface area contributed by atoms with Crippen molar-refractivity contribution in [2.75, 3.05) is 19.6 Å². The molecule has 4 atom stereocenters. The molecule has 6 rings (SSSR count). The van der Waals surface area contributed by atoms with Gasteiger partial charge in [0.1, 0.15) is 18.5 Å². The van der Waals surface area contributed by atoms with Gasteiger partial charge < -0.3 is 14.8 Å². The maximum atomic E-state index is 13.6. The zero-order valence-electron chi connectivity index (χ0n) is 20.3. The van der Waals surface area contributed by atoms with Crippen molar-refractivity contribution in [1.29, 1.82) is 0 Å². The van der Waals surface area contributed by atoms with E-state index in [2.05, 4.69) is 12.2 Å². The summed E-state index contributed by atoms with van der Waals surface area (Å²) in [5, 5.41) is 3.39. The molecular formula is C29H30FN3O3. The summed E-state index contributed by atoms with van der Waals surface area (Å²) in [6.45, 7) is 4.87. The van der Waals surface area contributed by atoms with Crippen LogP contribution >= 0.6 is 0 Å². The molecule has 1 saturated carbocycles. The summed E-state index contributed by atoms with van der Waals surface area (Å²) in [7, 11) is 0. The molecule has 3 heterocycles. The van der Waals surface area contributed by atoms with Crippen LogP contribution < -0.4 is 10.1 Å². The standard InChI is InChI=1S/C29H30FN3O3/c1-29(12-5-13-33(29)28(34)35-18-19-6-3-2-4-7-19)21-14-25(20-8-10-22(30)11-9-20)32-26(15-21)36-27-23-16-31-17-24(23)27/h2-4,6-11,14-15,23-24,27,31H,5,12-13,16-18H2,1H3/t23-,24+,27+,29?. The molecule has 0 radical (unpaired) electrons. The molecule has 36 heavy (non-hydrogen) atoms. The van der Waals surface area contributed by atoms with Crippen LogP contribution in [0.25, 0.3) is 11.3 Å². The van der Waals surface area contributed by atoms with Gasteiger partial charge in [-0.05, 0) is 61.2 Å². The summed E-state index contributed by atoms with van der Waals surface area (Å²) in [6.07, 6.45) is 1.51. The van der Waals surface area contributed by atoms with E-state index in [0.717, 1.165) is 42.6 Å². The van der Waals surface area contributed by atoms with E-state index in [-0.39, 0.29) is 24.6 Å². The van der Waals surface area contributed by atoms with E-state index in [9.17, 15) is 9.18 Å². The number of aromatic nitrogens is 1. The van der Waals surface area contributed by atoms with Gasteiger partial charge in [-0.15, -0.1) is 0 Å². The van der Waals surface area contributed by atoms with Gasteiger partial charge in [-0.2, -0.15) is 0 Å². The van der Waals surface area contributed by atoms with Crippen LogP contribution in [0.4, 0.5) is 9.18 Å². The first-order valence-corrected chi connectivity index (χ1v) is 12.7. The highest BCUT2D eigenvalue weighted by molar-refractivity contribution is 5.70. The second kappa shape index (κ2) is 9.21. The van der Waals surface area contributed by atoms with Crippen LogP contribution in [0.1, 0.15) is 30.9 Å². The number of ether oxygens (including phenoxy) is 2. The van der Waals surface area contributed by atoms with Crippen LogP contribution in [0.5, 0.6) is 5.88 Å². The van der Waals surface area contributed by atoms with Gasteiger partial charge in [0, 0.05) is 43.1 Å². The molecule has 1 amide bonds. The molecule has 186 valence electrons. The average Bonchev–Trinajstić information content (AvgIpc) is 3.22. The molecule has 1 aromatic heterocycles. The zero-order chi connectivity index (χ0) is 24.7. The minimum atomic E-state index is -0.565. The third-order valence-corrected chi connectivity index (χ3v) is 7.90. The highest BCUT2D eigenvalue weighted by Crippen LogP contribution is 2.46.